The molecule has 7 nitrogen and oxygen atoms in total. The molecule has 0 aliphatic heterocycles. The molecule has 0 bridgehead atoms. The number of sulfonamides is 1. The summed E-state index contributed by atoms with van der Waals surface area (Å²) < 4.78 is 57.2. The summed E-state index contributed by atoms with van der Waals surface area (Å²) in [4.78, 5) is 11.9. The van der Waals surface area contributed by atoms with Crippen molar-refractivity contribution >= 4 is 27.7 Å². The average molecular weight is 412 g/mol. The summed E-state index contributed by atoms with van der Waals surface area (Å²) in [5, 5.41) is 7.55. The zero-order chi connectivity index (χ0) is 20.7. The molecule has 0 atom stereocenters. The molecule has 0 spiro atoms. The van der Waals surface area contributed by atoms with Crippen LogP contribution in [-0.2, 0) is 14.8 Å². The number of alkyl halides is 2. The van der Waals surface area contributed by atoms with Crippen LogP contribution in [-0.4, -0.2) is 27.5 Å². The van der Waals surface area contributed by atoms with Gasteiger partial charge in [0.05, 0.1) is 11.5 Å². The number of benzene rings is 2. The smallest absolute Gasteiger partial charge is 0.387 e. The highest BCUT2D eigenvalue weighted by Gasteiger charge is 2.11. The fraction of sp³-hybridized carbons (Fsp3) is 0.167. The van der Waals surface area contributed by atoms with Crippen LogP contribution in [0.4, 0.5) is 14.5 Å². The molecule has 0 aliphatic carbocycles. The molecule has 1 amide bonds. The third kappa shape index (κ3) is 6.32. The first-order valence-electron chi connectivity index (χ1n) is 8.02. The van der Waals surface area contributed by atoms with Gasteiger partial charge in [-0.3, -0.25) is 4.79 Å². The van der Waals surface area contributed by atoms with Gasteiger partial charge in [0.2, 0.25) is 15.9 Å². The Labute approximate surface area is 160 Å². The summed E-state index contributed by atoms with van der Waals surface area (Å²) in [6, 6.07) is 9.71. The topological polar surface area (TPSA) is 108 Å². The second-order valence-corrected chi connectivity index (χ2v) is 6.97. The predicted molar refractivity (Wildman–Crippen MR) is 99.7 cm³/mol. The van der Waals surface area contributed by atoms with E-state index >= 15 is 0 Å². The van der Waals surface area contributed by atoms with E-state index in [0.717, 1.165) is 0 Å². The van der Waals surface area contributed by atoms with Crippen molar-refractivity contribution in [3.63, 3.8) is 0 Å². The number of nitrogens with one attached hydrogen (secondary N) is 1. The number of carbonyl (C=O) groups excluding carboxylic acids is 1. The van der Waals surface area contributed by atoms with Gasteiger partial charge in [0.15, 0.2) is 11.5 Å². The van der Waals surface area contributed by atoms with Crippen LogP contribution in [0.5, 0.6) is 11.5 Å². The predicted octanol–water partition coefficient (Wildman–Crippen LogP) is 2.99. The van der Waals surface area contributed by atoms with Crippen LogP contribution >= 0.6 is 0 Å². The number of ether oxygens (including phenoxy) is 2. The lowest BCUT2D eigenvalue weighted by molar-refractivity contribution is -0.111. The Morgan fingerprint density at radius 2 is 1.96 bits per heavy atom. The van der Waals surface area contributed by atoms with Crippen LogP contribution < -0.4 is 19.9 Å². The fourth-order valence-corrected chi connectivity index (χ4v) is 2.76. The standard InChI is InChI=1S/C18H18F2N2O5S/c1-2-26-16-10-12(6-8-15(16)27-18(19)20)7-9-17(23)22-13-4-3-5-14(11-13)28(21,24)25/h3-11,18H,2H2,1H3,(H,22,23)(H2,21,24,25)/b9-7+. The van der Waals surface area contributed by atoms with E-state index in [1.165, 1.54) is 54.6 Å². The van der Waals surface area contributed by atoms with Crippen molar-refractivity contribution in [2.24, 2.45) is 5.14 Å². The molecule has 10 heteroatoms. The normalized spacial score (nSPS) is 11.6. The van der Waals surface area contributed by atoms with Crippen molar-refractivity contribution in [3.05, 3.63) is 54.1 Å². The molecule has 0 radical (unpaired) electrons. The number of amides is 1. The highest BCUT2D eigenvalue weighted by molar-refractivity contribution is 7.89. The first-order chi connectivity index (χ1) is 13.2. The Morgan fingerprint density at radius 1 is 1.21 bits per heavy atom. The van der Waals surface area contributed by atoms with Crippen molar-refractivity contribution in [3.8, 4) is 11.5 Å². The zero-order valence-corrected chi connectivity index (χ0v) is 15.6. The largest absolute Gasteiger partial charge is 0.490 e. The lowest BCUT2D eigenvalue weighted by Gasteiger charge is -2.11. The average Bonchev–Trinajstić information content (AvgIpc) is 2.61. The maximum atomic E-state index is 12.4. The van der Waals surface area contributed by atoms with E-state index in [4.69, 9.17) is 9.88 Å². The molecule has 0 aliphatic rings. The number of hydrogen-bond acceptors (Lipinski definition) is 5. The maximum Gasteiger partial charge on any atom is 0.387 e. The van der Waals surface area contributed by atoms with Gasteiger partial charge in [0.1, 0.15) is 0 Å². The molecule has 0 unspecified atom stereocenters. The number of hydrogen-bond donors (Lipinski definition) is 2. The number of rotatable bonds is 8. The van der Waals surface area contributed by atoms with Gasteiger partial charge in [-0.25, -0.2) is 13.6 Å². The van der Waals surface area contributed by atoms with Gasteiger partial charge < -0.3 is 14.8 Å². The molecule has 2 rings (SSSR count). The second kappa shape index (κ2) is 9.29. The Balaban J connectivity index is 2.12. The fourth-order valence-electron chi connectivity index (χ4n) is 2.20. The van der Waals surface area contributed by atoms with Gasteiger partial charge in [-0.2, -0.15) is 8.78 Å². The van der Waals surface area contributed by atoms with Gasteiger partial charge in [0, 0.05) is 11.8 Å². The van der Waals surface area contributed by atoms with Crippen molar-refractivity contribution in [2.75, 3.05) is 11.9 Å². The molecule has 2 aromatic carbocycles. The van der Waals surface area contributed by atoms with Crippen LogP contribution in [0.1, 0.15) is 12.5 Å². The molecule has 0 fully saturated rings. The van der Waals surface area contributed by atoms with E-state index < -0.39 is 22.5 Å². The summed E-state index contributed by atoms with van der Waals surface area (Å²) >= 11 is 0. The minimum absolute atomic E-state index is 0.113. The summed E-state index contributed by atoms with van der Waals surface area (Å²) in [5.41, 5.74) is 0.760. The van der Waals surface area contributed by atoms with Crippen molar-refractivity contribution in [1.29, 1.82) is 0 Å². The van der Waals surface area contributed by atoms with E-state index in [1.807, 2.05) is 0 Å². The van der Waals surface area contributed by atoms with E-state index in [0.29, 0.717) is 5.56 Å². The lowest BCUT2D eigenvalue weighted by Crippen LogP contribution is -2.13. The number of anilines is 1. The number of halogens is 2. The van der Waals surface area contributed by atoms with Crippen LogP contribution in [0, 0.1) is 0 Å². The van der Waals surface area contributed by atoms with E-state index in [-0.39, 0.29) is 28.7 Å². The van der Waals surface area contributed by atoms with Crippen molar-refractivity contribution in [1.82, 2.24) is 0 Å². The van der Waals surface area contributed by atoms with Crippen LogP contribution in [0.3, 0.4) is 0 Å². The minimum Gasteiger partial charge on any atom is -0.490 e. The third-order valence-electron chi connectivity index (χ3n) is 3.34. The lowest BCUT2D eigenvalue weighted by atomic mass is 10.2. The van der Waals surface area contributed by atoms with Crippen molar-refractivity contribution in [2.45, 2.75) is 18.4 Å². The SMILES string of the molecule is CCOc1cc(/C=C/C(=O)Nc2cccc(S(N)(=O)=O)c2)ccc1OC(F)F. The molecule has 150 valence electrons. The first-order valence-corrected chi connectivity index (χ1v) is 9.57. The Hall–Kier alpha value is -2.98. The molecule has 0 saturated carbocycles. The van der Waals surface area contributed by atoms with Gasteiger partial charge in [-0.05, 0) is 48.9 Å². The van der Waals surface area contributed by atoms with Crippen LogP contribution in [0.15, 0.2) is 53.4 Å². The van der Waals surface area contributed by atoms with E-state index in [2.05, 4.69) is 10.1 Å². The van der Waals surface area contributed by atoms with Gasteiger partial charge in [0.25, 0.3) is 0 Å². The zero-order valence-electron chi connectivity index (χ0n) is 14.8. The summed E-state index contributed by atoms with van der Waals surface area (Å²) in [6.07, 6.45) is 2.63. The molecular formula is C18H18F2N2O5S. The number of carbonyl (C=O) groups is 1. The number of primary sulfonamides is 1. The van der Waals surface area contributed by atoms with Crippen LogP contribution in [0.2, 0.25) is 0 Å². The quantitative estimate of drug-likeness (QED) is 0.648. The Morgan fingerprint density at radius 3 is 2.61 bits per heavy atom. The van der Waals surface area contributed by atoms with E-state index in [1.54, 1.807) is 6.92 Å². The second-order valence-electron chi connectivity index (χ2n) is 5.41. The minimum atomic E-state index is -3.89. The molecule has 0 heterocycles. The molecule has 28 heavy (non-hydrogen) atoms. The monoisotopic (exact) mass is 412 g/mol. The Bertz CT molecular complexity index is 978. The summed E-state index contributed by atoms with van der Waals surface area (Å²) in [5.74, 6) is -0.526. The molecule has 2 aromatic rings. The highest BCUT2D eigenvalue weighted by atomic mass is 32.2. The first kappa shape index (κ1) is 21.3. The third-order valence-corrected chi connectivity index (χ3v) is 4.25. The van der Waals surface area contributed by atoms with Gasteiger partial charge >= 0.3 is 6.61 Å². The van der Waals surface area contributed by atoms with Crippen LogP contribution in [0.25, 0.3) is 6.08 Å². The summed E-state index contributed by atoms with van der Waals surface area (Å²) in [6.45, 7) is -1.05. The number of nitrogens with two attached hydrogens (primary N) is 1. The molecule has 0 saturated heterocycles. The molecule has 3 N–H and O–H groups in total. The molecular weight excluding hydrogens is 394 g/mol. The van der Waals surface area contributed by atoms with Gasteiger partial charge in [-0.15, -0.1) is 0 Å². The summed E-state index contributed by atoms with van der Waals surface area (Å²) in [7, 11) is -3.89. The van der Waals surface area contributed by atoms with Gasteiger partial charge in [-0.1, -0.05) is 12.1 Å². The Kier molecular flexibility index (Phi) is 7.07. The van der Waals surface area contributed by atoms with Crippen molar-refractivity contribution < 1.29 is 31.5 Å². The highest BCUT2D eigenvalue weighted by Crippen LogP contribution is 2.30. The van der Waals surface area contributed by atoms with E-state index in [9.17, 15) is 22.0 Å². The molecule has 0 aromatic heterocycles. The maximum absolute atomic E-state index is 12.4.